The van der Waals surface area contributed by atoms with Crippen LogP contribution in [0.15, 0.2) is 60.8 Å². The number of aromatic carboxylic acids is 1. The van der Waals surface area contributed by atoms with Crippen molar-refractivity contribution in [3.8, 4) is 11.1 Å². The Morgan fingerprint density at radius 3 is 2.55 bits per heavy atom. The van der Waals surface area contributed by atoms with Crippen molar-refractivity contribution in [1.29, 1.82) is 0 Å². The molecule has 1 aliphatic heterocycles. The van der Waals surface area contributed by atoms with Gasteiger partial charge in [-0.15, -0.1) is 0 Å². The molecule has 1 aliphatic rings. The lowest BCUT2D eigenvalue weighted by molar-refractivity contribution is 0.0335. The van der Waals surface area contributed by atoms with Gasteiger partial charge in [-0.25, -0.2) is 9.59 Å². The Labute approximate surface area is 220 Å². The van der Waals surface area contributed by atoms with E-state index in [0.717, 1.165) is 29.7 Å². The number of nitrogens with one attached hydrogen (secondary N) is 1. The number of carboxylic acids is 1. The fourth-order valence-corrected chi connectivity index (χ4v) is 4.76. The second kappa shape index (κ2) is 11.1. The van der Waals surface area contributed by atoms with Crippen LogP contribution in [0.2, 0.25) is 0 Å². The number of carboxylic acid groups (broad SMARTS) is 1. The van der Waals surface area contributed by atoms with Gasteiger partial charge in [0.05, 0.1) is 30.0 Å². The van der Waals surface area contributed by atoms with Gasteiger partial charge in [0.2, 0.25) is 0 Å². The van der Waals surface area contributed by atoms with Crippen LogP contribution in [0.3, 0.4) is 0 Å². The van der Waals surface area contributed by atoms with Gasteiger partial charge < -0.3 is 25.3 Å². The second-order valence-corrected chi connectivity index (χ2v) is 9.33. The molecule has 1 saturated heterocycles. The van der Waals surface area contributed by atoms with Crippen molar-refractivity contribution in [2.75, 3.05) is 26.3 Å². The summed E-state index contributed by atoms with van der Waals surface area (Å²) in [4.78, 5) is 34.9. The first-order chi connectivity index (χ1) is 18.4. The first-order valence-corrected chi connectivity index (χ1v) is 12.6. The van der Waals surface area contributed by atoms with Crippen molar-refractivity contribution in [1.82, 2.24) is 14.9 Å². The molecule has 0 bridgehead atoms. The minimum Gasteiger partial charge on any atom is -0.477 e. The van der Waals surface area contributed by atoms with Crippen LogP contribution in [0, 0.1) is 0 Å². The van der Waals surface area contributed by atoms with E-state index in [4.69, 9.17) is 15.2 Å². The van der Waals surface area contributed by atoms with E-state index in [1.54, 1.807) is 37.4 Å². The Morgan fingerprint density at radius 2 is 1.89 bits per heavy atom. The average molecular weight is 515 g/mol. The van der Waals surface area contributed by atoms with Crippen LogP contribution in [0.1, 0.15) is 50.7 Å². The van der Waals surface area contributed by atoms with Crippen LogP contribution >= 0.6 is 0 Å². The van der Waals surface area contributed by atoms with Crippen molar-refractivity contribution < 1.29 is 24.2 Å². The second-order valence-electron chi connectivity index (χ2n) is 9.33. The number of nitrogens with two attached hydrogens (primary N) is 1. The number of H-pyrrole nitrogens is 1. The number of pyridine rings is 1. The normalized spacial score (nSPS) is 14.9. The molecule has 0 saturated carbocycles. The number of nitrogens with zero attached hydrogens (tertiary/aromatic N) is 2. The zero-order valence-electron chi connectivity index (χ0n) is 21.1. The average Bonchev–Trinajstić information content (AvgIpc) is 3.34. The molecule has 196 valence electrons. The summed E-state index contributed by atoms with van der Waals surface area (Å²) in [5.74, 6) is -1.55. The van der Waals surface area contributed by atoms with Gasteiger partial charge in [-0.3, -0.25) is 9.88 Å². The van der Waals surface area contributed by atoms with E-state index >= 15 is 0 Å². The summed E-state index contributed by atoms with van der Waals surface area (Å²) in [5, 5.41) is 10.7. The highest BCUT2D eigenvalue weighted by Crippen LogP contribution is 2.36. The van der Waals surface area contributed by atoms with E-state index in [1.165, 1.54) is 0 Å². The predicted octanol–water partition coefficient (Wildman–Crippen LogP) is 4.14. The lowest BCUT2D eigenvalue weighted by atomic mass is 10.00. The number of aromatic nitrogens is 2. The molecule has 2 aromatic heterocycles. The standard InChI is InChI=1S/C29H30N4O5/c1-18(38-29(36)20-7-5-19(15-30)6-8-20)23-3-2-4-24-25(27(28(34)35)32-26(23)24)21-9-10-22(31-16-21)17-33-11-13-37-14-12-33/h2-10,16,18,32H,11-15,17,30H2,1H3,(H,34,35)/t18-/m0/s1. The number of rotatable bonds is 8. The highest BCUT2D eigenvalue weighted by Gasteiger charge is 2.23. The van der Waals surface area contributed by atoms with Gasteiger partial charge in [-0.1, -0.05) is 36.4 Å². The van der Waals surface area contributed by atoms with E-state index in [1.807, 2.05) is 30.3 Å². The Bertz CT molecular complexity index is 1440. The number of morpholine rings is 1. The van der Waals surface area contributed by atoms with E-state index in [0.29, 0.717) is 54.1 Å². The summed E-state index contributed by atoms with van der Waals surface area (Å²) in [6, 6.07) is 16.3. The first-order valence-electron chi connectivity index (χ1n) is 12.6. The quantitative estimate of drug-likeness (QED) is 0.299. The molecule has 3 heterocycles. The monoisotopic (exact) mass is 514 g/mol. The molecule has 9 nitrogen and oxygen atoms in total. The lowest BCUT2D eigenvalue weighted by Crippen LogP contribution is -2.35. The highest BCUT2D eigenvalue weighted by molar-refractivity contribution is 6.08. The minimum atomic E-state index is -1.08. The Hall–Kier alpha value is -4.05. The van der Waals surface area contributed by atoms with Gasteiger partial charge in [-0.05, 0) is 30.7 Å². The highest BCUT2D eigenvalue weighted by atomic mass is 16.5. The summed E-state index contributed by atoms with van der Waals surface area (Å²) in [6.45, 7) is 6.02. The number of para-hydroxylation sites is 1. The van der Waals surface area contributed by atoms with Gasteiger partial charge in [0.1, 0.15) is 11.8 Å². The van der Waals surface area contributed by atoms with Crippen LogP contribution in [-0.2, 0) is 22.6 Å². The molecule has 5 rings (SSSR count). The first kappa shape index (κ1) is 25.6. The molecule has 0 radical (unpaired) electrons. The Morgan fingerprint density at radius 1 is 1.13 bits per heavy atom. The predicted molar refractivity (Wildman–Crippen MR) is 143 cm³/mol. The minimum absolute atomic E-state index is 0.0612. The number of carbonyl (C=O) groups is 2. The van der Waals surface area contributed by atoms with E-state index in [-0.39, 0.29) is 5.69 Å². The largest absolute Gasteiger partial charge is 0.477 e. The topological polar surface area (TPSA) is 131 Å². The molecule has 2 aromatic carbocycles. The van der Waals surface area contributed by atoms with Gasteiger partial charge >= 0.3 is 11.9 Å². The molecule has 0 spiro atoms. The maximum atomic E-state index is 12.8. The summed E-state index contributed by atoms with van der Waals surface area (Å²) >= 11 is 0. The molecule has 4 N–H and O–H groups in total. The zero-order valence-corrected chi connectivity index (χ0v) is 21.1. The summed E-state index contributed by atoms with van der Waals surface area (Å²) in [7, 11) is 0. The third-order valence-electron chi connectivity index (χ3n) is 6.83. The number of aromatic amines is 1. The zero-order chi connectivity index (χ0) is 26.6. The number of hydrogen-bond donors (Lipinski definition) is 3. The van der Waals surface area contributed by atoms with Crippen molar-refractivity contribution in [2.24, 2.45) is 5.73 Å². The number of benzene rings is 2. The smallest absolute Gasteiger partial charge is 0.352 e. The lowest BCUT2D eigenvalue weighted by Gasteiger charge is -2.26. The van der Waals surface area contributed by atoms with Crippen molar-refractivity contribution in [2.45, 2.75) is 26.1 Å². The van der Waals surface area contributed by atoms with Crippen molar-refractivity contribution in [3.05, 3.63) is 88.9 Å². The molecule has 4 aromatic rings. The van der Waals surface area contributed by atoms with Crippen LogP contribution < -0.4 is 5.73 Å². The molecule has 0 unspecified atom stereocenters. The van der Waals surface area contributed by atoms with Gasteiger partial charge in [0.15, 0.2) is 0 Å². The van der Waals surface area contributed by atoms with Gasteiger partial charge in [-0.2, -0.15) is 0 Å². The van der Waals surface area contributed by atoms with Crippen LogP contribution in [0.25, 0.3) is 22.0 Å². The van der Waals surface area contributed by atoms with E-state index in [9.17, 15) is 14.7 Å². The summed E-state index contributed by atoms with van der Waals surface area (Å²) in [5.41, 5.74) is 10.5. The number of carbonyl (C=O) groups excluding carboxylic acids is 1. The number of fused-ring (bicyclic) bond motifs is 1. The number of ether oxygens (including phenoxy) is 2. The maximum absolute atomic E-state index is 12.8. The molecule has 0 aliphatic carbocycles. The molecule has 0 amide bonds. The SMILES string of the molecule is C[C@H](OC(=O)c1ccc(CN)cc1)c1cccc2c(-c3ccc(CN4CCOCC4)nc3)c(C(=O)O)[nH]c12. The number of esters is 1. The molecular weight excluding hydrogens is 484 g/mol. The molecule has 9 heteroatoms. The van der Waals surface area contributed by atoms with Crippen LogP contribution in [0.4, 0.5) is 0 Å². The molecular formula is C29H30N4O5. The van der Waals surface area contributed by atoms with Crippen molar-refractivity contribution in [3.63, 3.8) is 0 Å². The summed E-state index contributed by atoms with van der Waals surface area (Å²) in [6.07, 6.45) is 1.09. The third-order valence-corrected chi connectivity index (χ3v) is 6.83. The summed E-state index contributed by atoms with van der Waals surface area (Å²) < 4.78 is 11.2. The molecule has 1 fully saturated rings. The van der Waals surface area contributed by atoms with E-state index in [2.05, 4.69) is 14.9 Å². The van der Waals surface area contributed by atoms with Gasteiger partial charge in [0, 0.05) is 54.5 Å². The molecule has 1 atom stereocenters. The maximum Gasteiger partial charge on any atom is 0.352 e. The Kier molecular flexibility index (Phi) is 7.50. The number of hydrogen-bond acceptors (Lipinski definition) is 7. The Balaban J connectivity index is 1.43. The van der Waals surface area contributed by atoms with Gasteiger partial charge in [0.25, 0.3) is 0 Å². The van der Waals surface area contributed by atoms with Crippen molar-refractivity contribution >= 4 is 22.8 Å². The van der Waals surface area contributed by atoms with Crippen LogP contribution in [0.5, 0.6) is 0 Å². The fraction of sp³-hybridized carbons (Fsp3) is 0.276. The molecule has 38 heavy (non-hydrogen) atoms. The van der Waals surface area contributed by atoms with E-state index < -0.39 is 18.0 Å². The fourth-order valence-electron chi connectivity index (χ4n) is 4.76. The van der Waals surface area contributed by atoms with Crippen LogP contribution in [-0.4, -0.2) is 58.2 Å². The third kappa shape index (κ3) is 5.31.